The quantitative estimate of drug-likeness (QED) is 0.868. The lowest BCUT2D eigenvalue weighted by Crippen LogP contribution is -2.36. The molecule has 1 fully saturated rings. The van der Waals surface area contributed by atoms with Crippen molar-refractivity contribution >= 4 is 38.5 Å². The molecule has 0 radical (unpaired) electrons. The molecule has 7 heteroatoms. The minimum absolute atomic E-state index is 0.391. The van der Waals surface area contributed by atoms with Crippen LogP contribution in [0.2, 0.25) is 0 Å². The topological polar surface area (TPSA) is 102 Å². The summed E-state index contributed by atoms with van der Waals surface area (Å²) in [5, 5.41) is 0.800. The van der Waals surface area contributed by atoms with Crippen LogP contribution in [0.3, 0.4) is 0 Å². The maximum absolute atomic E-state index is 11.5. The highest BCUT2D eigenvalue weighted by Crippen LogP contribution is 2.35. The van der Waals surface area contributed by atoms with E-state index in [0.29, 0.717) is 13.1 Å². The molecule has 1 aliphatic rings. The van der Waals surface area contributed by atoms with Gasteiger partial charge < -0.3 is 16.4 Å². The van der Waals surface area contributed by atoms with Crippen LogP contribution in [0.1, 0.15) is 5.56 Å². The molecular formula is C14H16N4O2S. The molecule has 2 heterocycles. The highest BCUT2D eigenvalue weighted by atomic mass is 32.1. The first kappa shape index (κ1) is 13.8. The molecule has 1 aromatic carbocycles. The summed E-state index contributed by atoms with van der Waals surface area (Å²) in [4.78, 5) is 29.5. The van der Waals surface area contributed by atoms with E-state index in [4.69, 9.17) is 11.5 Å². The number of anilines is 1. The molecule has 4 N–H and O–H groups in total. The average molecular weight is 304 g/mol. The van der Waals surface area contributed by atoms with Gasteiger partial charge in [-0.25, -0.2) is 4.98 Å². The Balaban J connectivity index is 1.94. The second-order valence-corrected chi connectivity index (χ2v) is 6.32. The summed E-state index contributed by atoms with van der Waals surface area (Å²) in [5.74, 6) is -2.07. The van der Waals surface area contributed by atoms with Gasteiger partial charge in [0.25, 0.3) is 0 Å². The van der Waals surface area contributed by atoms with Gasteiger partial charge in [-0.1, -0.05) is 23.5 Å². The number of carbonyl (C=O) groups is 2. The number of nitrogens with zero attached hydrogens (tertiary/aromatic N) is 2. The van der Waals surface area contributed by atoms with Crippen LogP contribution in [0.5, 0.6) is 0 Å². The molecule has 0 bridgehead atoms. The summed E-state index contributed by atoms with van der Waals surface area (Å²) in [6.45, 7) is 2.82. The zero-order chi connectivity index (χ0) is 15.1. The fourth-order valence-electron chi connectivity index (χ4n) is 2.75. The largest absolute Gasteiger partial charge is 0.369 e. The second-order valence-electron chi connectivity index (χ2n) is 5.34. The first-order chi connectivity index (χ1) is 9.97. The Hall–Kier alpha value is -2.15. The van der Waals surface area contributed by atoms with Crippen molar-refractivity contribution < 1.29 is 9.59 Å². The number of aromatic nitrogens is 1. The molecular weight excluding hydrogens is 288 g/mol. The summed E-state index contributed by atoms with van der Waals surface area (Å²) < 4.78 is 1.12. The third-order valence-electron chi connectivity index (χ3n) is 3.92. The molecule has 1 aromatic heterocycles. The molecule has 2 amide bonds. The molecule has 110 valence electrons. The van der Waals surface area contributed by atoms with E-state index in [1.54, 1.807) is 11.3 Å². The van der Waals surface area contributed by atoms with Gasteiger partial charge >= 0.3 is 0 Å². The summed E-state index contributed by atoms with van der Waals surface area (Å²) in [7, 11) is 0. The average Bonchev–Trinajstić information content (AvgIpc) is 3.03. The maximum atomic E-state index is 11.5. The van der Waals surface area contributed by atoms with Crippen LogP contribution in [-0.2, 0) is 9.59 Å². The van der Waals surface area contributed by atoms with Gasteiger partial charge in [0.15, 0.2) is 5.13 Å². The van der Waals surface area contributed by atoms with Crippen molar-refractivity contribution in [2.45, 2.75) is 6.92 Å². The zero-order valence-corrected chi connectivity index (χ0v) is 12.4. The van der Waals surface area contributed by atoms with Crippen LogP contribution in [0.4, 0.5) is 5.13 Å². The van der Waals surface area contributed by atoms with E-state index in [9.17, 15) is 9.59 Å². The lowest BCUT2D eigenvalue weighted by Gasteiger charge is -2.13. The number of primary amides is 2. The van der Waals surface area contributed by atoms with Gasteiger partial charge in [0, 0.05) is 13.1 Å². The lowest BCUT2D eigenvalue weighted by molar-refractivity contribution is -0.129. The Morgan fingerprint density at radius 1 is 1.24 bits per heavy atom. The summed E-state index contributed by atoms with van der Waals surface area (Å²) in [6, 6.07) is 5.95. The fourth-order valence-corrected chi connectivity index (χ4v) is 3.80. The van der Waals surface area contributed by atoms with Gasteiger partial charge in [-0.2, -0.15) is 0 Å². The Bertz CT molecular complexity index is 705. The van der Waals surface area contributed by atoms with Gasteiger partial charge in [-0.15, -0.1) is 0 Å². The van der Waals surface area contributed by atoms with Crippen molar-refractivity contribution in [1.29, 1.82) is 0 Å². The Labute approximate surface area is 125 Å². The third kappa shape index (κ3) is 2.33. The Morgan fingerprint density at radius 3 is 2.38 bits per heavy atom. The van der Waals surface area contributed by atoms with E-state index >= 15 is 0 Å². The number of nitrogens with two attached hydrogens (primary N) is 2. The first-order valence-corrected chi connectivity index (χ1v) is 7.48. The number of fused-ring (bicyclic) bond motifs is 1. The molecule has 0 spiro atoms. The van der Waals surface area contributed by atoms with Gasteiger partial charge in [-0.05, 0) is 18.6 Å². The third-order valence-corrected chi connectivity index (χ3v) is 5.19. The number of thiazole rings is 1. The molecule has 3 rings (SSSR count). The van der Waals surface area contributed by atoms with Crippen molar-refractivity contribution in [1.82, 2.24) is 4.98 Å². The van der Waals surface area contributed by atoms with Gasteiger partial charge in [0.2, 0.25) is 11.8 Å². The van der Waals surface area contributed by atoms with Crippen LogP contribution in [0.25, 0.3) is 10.2 Å². The highest BCUT2D eigenvalue weighted by Gasteiger charge is 2.40. The molecule has 21 heavy (non-hydrogen) atoms. The molecule has 2 atom stereocenters. The van der Waals surface area contributed by atoms with E-state index < -0.39 is 23.7 Å². The van der Waals surface area contributed by atoms with Crippen LogP contribution in [0.15, 0.2) is 18.2 Å². The minimum atomic E-state index is -0.546. The fraction of sp³-hybridized carbons (Fsp3) is 0.357. The van der Waals surface area contributed by atoms with Crippen molar-refractivity contribution in [2.24, 2.45) is 23.3 Å². The number of carbonyl (C=O) groups excluding carboxylic acids is 2. The lowest BCUT2D eigenvalue weighted by atomic mass is 9.95. The Morgan fingerprint density at radius 2 is 1.86 bits per heavy atom. The van der Waals surface area contributed by atoms with E-state index in [0.717, 1.165) is 20.9 Å². The number of hydrogen-bond donors (Lipinski definition) is 2. The summed E-state index contributed by atoms with van der Waals surface area (Å²) in [5.41, 5.74) is 12.8. The number of amides is 2. The molecule has 0 saturated carbocycles. The standard InChI is InChI=1S/C14H16N4O2S/c1-7-3-2-4-10-11(7)21-14(17-10)18-5-8(12(15)19)9(6-18)13(16)20/h2-4,8-9H,5-6H2,1H3,(H2,15,19)(H2,16,20)/t8-,9+. The first-order valence-electron chi connectivity index (χ1n) is 6.67. The molecule has 2 aromatic rings. The van der Waals surface area contributed by atoms with E-state index in [1.807, 2.05) is 30.0 Å². The van der Waals surface area contributed by atoms with E-state index in [1.165, 1.54) is 0 Å². The SMILES string of the molecule is Cc1cccc2nc(N3C[C@H](C(N)=O)[C@H](C(N)=O)C3)sc12. The van der Waals surface area contributed by atoms with Crippen LogP contribution in [-0.4, -0.2) is 29.9 Å². The van der Waals surface area contributed by atoms with Crippen molar-refractivity contribution in [2.75, 3.05) is 18.0 Å². The van der Waals surface area contributed by atoms with Crippen molar-refractivity contribution in [3.8, 4) is 0 Å². The van der Waals surface area contributed by atoms with Crippen LogP contribution >= 0.6 is 11.3 Å². The number of aryl methyl sites for hydroxylation is 1. The molecule has 0 unspecified atom stereocenters. The minimum Gasteiger partial charge on any atom is -0.369 e. The van der Waals surface area contributed by atoms with Gasteiger partial charge in [-0.3, -0.25) is 9.59 Å². The van der Waals surface area contributed by atoms with E-state index in [-0.39, 0.29) is 0 Å². The summed E-state index contributed by atoms with van der Waals surface area (Å²) >= 11 is 1.56. The maximum Gasteiger partial charge on any atom is 0.223 e. The van der Waals surface area contributed by atoms with Gasteiger partial charge in [0.1, 0.15) is 0 Å². The zero-order valence-electron chi connectivity index (χ0n) is 11.6. The normalized spacial score (nSPS) is 21.9. The van der Waals surface area contributed by atoms with Gasteiger partial charge in [0.05, 0.1) is 22.1 Å². The molecule has 1 aliphatic heterocycles. The predicted octanol–water partition coefficient (Wildman–Crippen LogP) is 0.628. The highest BCUT2D eigenvalue weighted by molar-refractivity contribution is 7.22. The van der Waals surface area contributed by atoms with E-state index in [2.05, 4.69) is 4.98 Å². The second kappa shape index (κ2) is 5.00. The number of rotatable bonds is 3. The van der Waals surface area contributed by atoms with Crippen LogP contribution < -0.4 is 16.4 Å². The monoisotopic (exact) mass is 304 g/mol. The molecule has 1 saturated heterocycles. The smallest absolute Gasteiger partial charge is 0.223 e. The van der Waals surface area contributed by atoms with Crippen LogP contribution in [0, 0.1) is 18.8 Å². The van der Waals surface area contributed by atoms with Crippen molar-refractivity contribution in [3.63, 3.8) is 0 Å². The van der Waals surface area contributed by atoms with Crippen molar-refractivity contribution in [3.05, 3.63) is 23.8 Å². The number of hydrogen-bond acceptors (Lipinski definition) is 5. The molecule has 6 nitrogen and oxygen atoms in total. The molecule has 0 aliphatic carbocycles. The summed E-state index contributed by atoms with van der Waals surface area (Å²) in [6.07, 6.45) is 0. The number of benzene rings is 1. The predicted molar refractivity (Wildman–Crippen MR) is 81.9 cm³/mol. The Kier molecular flexibility index (Phi) is 3.29.